The van der Waals surface area contributed by atoms with E-state index in [4.69, 9.17) is 16.3 Å². The first-order valence-corrected chi connectivity index (χ1v) is 9.91. The van der Waals surface area contributed by atoms with Crippen molar-refractivity contribution in [2.75, 3.05) is 7.11 Å². The minimum absolute atomic E-state index is 0.0607. The van der Waals surface area contributed by atoms with E-state index in [0.29, 0.717) is 27.9 Å². The number of ether oxygens (including phenoxy) is 1. The number of pyridine rings is 1. The van der Waals surface area contributed by atoms with E-state index in [1.54, 1.807) is 37.6 Å². The molecule has 4 rings (SSSR count). The van der Waals surface area contributed by atoms with Crippen molar-refractivity contribution >= 4 is 34.2 Å². The average molecular weight is 454 g/mol. The minimum Gasteiger partial charge on any atom is -0.497 e. The smallest absolute Gasteiger partial charge is 0.254 e. The molecule has 0 aliphatic rings. The summed E-state index contributed by atoms with van der Waals surface area (Å²) in [5.41, 5.74) is 1.68. The number of rotatable bonds is 7. The van der Waals surface area contributed by atoms with E-state index < -0.39 is 11.7 Å². The average Bonchev–Trinajstić information content (AvgIpc) is 3.24. The SMILES string of the molecule is COc1ccc2nc(Cl)c(C(=O)NCc3cn(CC(=O)c4ccc(F)cc4)nn3)cc2c1. The first-order valence-electron chi connectivity index (χ1n) is 9.53. The molecule has 162 valence electrons. The zero-order valence-electron chi connectivity index (χ0n) is 16.9. The molecule has 0 saturated carbocycles. The number of carbonyl (C=O) groups excluding carboxylic acids is 2. The Balaban J connectivity index is 1.41. The number of Topliss-reactive ketones (excluding diaryl/α,β-unsaturated/α-hetero) is 1. The first-order chi connectivity index (χ1) is 15.4. The van der Waals surface area contributed by atoms with Crippen LogP contribution in [0.4, 0.5) is 4.39 Å². The molecule has 0 aliphatic heterocycles. The molecule has 8 nitrogen and oxygen atoms in total. The van der Waals surface area contributed by atoms with Gasteiger partial charge in [0.15, 0.2) is 5.78 Å². The van der Waals surface area contributed by atoms with Crippen LogP contribution >= 0.6 is 11.6 Å². The molecule has 0 radical (unpaired) electrons. The maximum absolute atomic E-state index is 13.0. The number of halogens is 2. The number of aromatic nitrogens is 4. The number of amides is 1. The van der Waals surface area contributed by atoms with Crippen molar-refractivity contribution in [1.29, 1.82) is 0 Å². The second-order valence-corrected chi connectivity index (χ2v) is 7.26. The van der Waals surface area contributed by atoms with Gasteiger partial charge in [-0.3, -0.25) is 9.59 Å². The summed E-state index contributed by atoms with van der Waals surface area (Å²) in [6, 6.07) is 12.2. The molecule has 10 heteroatoms. The van der Waals surface area contributed by atoms with Crippen LogP contribution < -0.4 is 10.1 Å². The Kier molecular flexibility index (Phi) is 6.09. The van der Waals surface area contributed by atoms with Crippen LogP contribution in [0.3, 0.4) is 0 Å². The minimum atomic E-state index is -0.427. The van der Waals surface area contributed by atoms with Crippen molar-refractivity contribution in [3.8, 4) is 5.75 Å². The highest BCUT2D eigenvalue weighted by Crippen LogP contribution is 2.24. The van der Waals surface area contributed by atoms with E-state index in [1.165, 1.54) is 28.9 Å². The summed E-state index contributed by atoms with van der Waals surface area (Å²) < 4.78 is 19.6. The van der Waals surface area contributed by atoms with Gasteiger partial charge in [-0.25, -0.2) is 14.1 Å². The van der Waals surface area contributed by atoms with E-state index in [1.807, 2.05) is 0 Å². The molecule has 2 aromatic carbocycles. The highest BCUT2D eigenvalue weighted by Gasteiger charge is 2.15. The normalized spacial score (nSPS) is 10.8. The van der Waals surface area contributed by atoms with Crippen molar-refractivity contribution in [3.63, 3.8) is 0 Å². The number of benzene rings is 2. The Labute approximate surface area is 187 Å². The summed E-state index contributed by atoms with van der Waals surface area (Å²) >= 11 is 6.19. The highest BCUT2D eigenvalue weighted by atomic mass is 35.5. The second-order valence-electron chi connectivity index (χ2n) is 6.91. The number of hydrogen-bond acceptors (Lipinski definition) is 6. The fourth-order valence-electron chi connectivity index (χ4n) is 3.05. The van der Waals surface area contributed by atoms with Gasteiger partial charge >= 0.3 is 0 Å². The van der Waals surface area contributed by atoms with Crippen LogP contribution in [0.15, 0.2) is 54.7 Å². The standard InChI is InChI=1S/C22H17ClFN5O3/c1-32-17-6-7-19-14(8-17)9-18(21(23)26-19)22(31)25-10-16-11-29(28-27-16)12-20(30)13-2-4-15(24)5-3-13/h2-9,11H,10,12H2,1H3,(H,25,31). The molecule has 1 N–H and O–H groups in total. The molecule has 0 fully saturated rings. The Bertz CT molecular complexity index is 1310. The number of nitrogens with zero attached hydrogens (tertiary/aromatic N) is 4. The number of fused-ring (bicyclic) bond motifs is 1. The molecule has 0 saturated heterocycles. The van der Waals surface area contributed by atoms with E-state index in [0.717, 1.165) is 0 Å². The summed E-state index contributed by atoms with van der Waals surface area (Å²) in [6.45, 7) is 0.0187. The number of carbonyl (C=O) groups is 2. The van der Waals surface area contributed by atoms with Crippen molar-refractivity contribution in [2.24, 2.45) is 0 Å². The monoisotopic (exact) mass is 453 g/mol. The van der Waals surface area contributed by atoms with Gasteiger partial charge in [0.1, 0.15) is 29.0 Å². The summed E-state index contributed by atoms with van der Waals surface area (Å²) in [7, 11) is 1.55. The molecule has 0 bridgehead atoms. The molecule has 32 heavy (non-hydrogen) atoms. The lowest BCUT2D eigenvalue weighted by molar-refractivity contribution is 0.0946. The predicted molar refractivity (Wildman–Crippen MR) is 115 cm³/mol. The third-order valence-corrected chi connectivity index (χ3v) is 5.00. The molecule has 0 atom stereocenters. The fourth-order valence-corrected chi connectivity index (χ4v) is 3.29. The molecule has 0 spiro atoms. The maximum Gasteiger partial charge on any atom is 0.254 e. The lowest BCUT2D eigenvalue weighted by Gasteiger charge is -2.08. The van der Waals surface area contributed by atoms with E-state index in [-0.39, 0.29) is 29.6 Å². The summed E-state index contributed by atoms with van der Waals surface area (Å²) in [5.74, 6) is -0.444. The van der Waals surface area contributed by atoms with Crippen LogP contribution in [0.2, 0.25) is 5.15 Å². The topological polar surface area (TPSA) is 99.0 Å². The quantitative estimate of drug-likeness (QED) is 0.340. The largest absolute Gasteiger partial charge is 0.497 e. The highest BCUT2D eigenvalue weighted by molar-refractivity contribution is 6.33. The van der Waals surface area contributed by atoms with Crippen molar-refractivity contribution in [3.05, 3.63) is 82.5 Å². The number of nitrogens with one attached hydrogen (secondary N) is 1. The Morgan fingerprint density at radius 1 is 1.16 bits per heavy atom. The van der Waals surface area contributed by atoms with E-state index in [9.17, 15) is 14.0 Å². The van der Waals surface area contributed by atoms with Gasteiger partial charge in [0.25, 0.3) is 5.91 Å². The predicted octanol–water partition coefficient (Wildman–Crippen LogP) is 3.44. The zero-order chi connectivity index (χ0) is 22.7. The van der Waals surface area contributed by atoms with Crippen molar-refractivity contribution < 1.29 is 18.7 Å². The molecular formula is C22H17ClFN5O3. The zero-order valence-corrected chi connectivity index (χ0v) is 17.6. The van der Waals surface area contributed by atoms with Crippen LogP contribution in [0.25, 0.3) is 10.9 Å². The lowest BCUT2D eigenvalue weighted by atomic mass is 10.1. The Morgan fingerprint density at radius 2 is 1.94 bits per heavy atom. The van der Waals surface area contributed by atoms with Gasteiger partial charge in [-0.1, -0.05) is 16.8 Å². The number of methoxy groups -OCH3 is 1. The van der Waals surface area contributed by atoms with Crippen LogP contribution in [-0.4, -0.2) is 38.8 Å². The summed E-state index contributed by atoms with van der Waals surface area (Å²) in [6.07, 6.45) is 1.55. The summed E-state index contributed by atoms with van der Waals surface area (Å²) in [5, 5.41) is 11.4. The van der Waals surface area contributed by atoms with Crippen LogP contribution in [0, 0.1) is 5.82 Å². The third-order valence-electron chi connectivity index (χ3n) is 4.71. The van der Waals surface area contributed by atoms with Crippen molar-refractivity contribution in [1.82, 2.24) is 25.3 Å². The van der Waals surface area contributed by atoms with Gasteiger partial charge in [0.2, 0.25) is 0 Å². The molecule has 2 heterocycles. The van der Waals surface area contributed by atoms with Gasteiger partial charge in [-0.15, -0.1) is 5.10 Å². The van der Waals surface area contributed by atoms with Crippen molar-refractivity contribution in [2.45, 2.75) is 13.1 Å². The van der Waals surface area contributed by atoms with E-state index >= 15 is 0 Å². The van der Waals surface area contributed by atoms with Crippen LogP contribution in [0.5, 0.6) is 5.75 Å². The molecular weight excluding hydrogens is 437 g/mol. The lowest BCUT2D eigenvalue weighted by Crippen LogP contribution is -2.23. The molecule has 0 aliphatic carbocycles. The van der Waals surface area contributed by atoms with Gasteiger partial charge in [-0.2, -0.15) is 0 Å². The summed E-state index contributed by atoms with van der Waals surface area (Å²) in [4.78, 5) is 29.1. The molecule has 1 amide bonds. The maximum atomic E-state index is 13.0. The number of hydrogen-bond donors (Lipinski definition) is 1. The number of ketones is 1. The molecule has 0 unspecified atom stereocenters. The molecule has 2 aromatic heterocycles. The molecule has 4 aromatic rings. The Morgan fingerprint density at radius 3 is 2.69 bits per heavy atom. The van der Waals surface area contributed by atoms with Crippen LogP contribution in [0.1, 0.15) is 26.4 Å². The van der Waals surface area contributed by atoms with E-state index in [2.05, 4.69) is 20.6 Å². The fraction of sp³-hybridized carbons (Fsp3) is 0.136. The second kappa shape index (κ2) is 9.11. The van der Waals surface area contributed by atoms with Crippen LogP contribution in [-0.2, 0) is 13.1 Å². The van der Waals surface area contributed by atoms with Gasteiger partial charge in [-0.05, 0) is 48.5 Å². The van der Waals surface area contributed by atoms with Gasteiger partial charge in [0, 0.05) is 10.9 Å². The van der Waals surface area contributed by atoms with Gasteiger partial charge < -0.3 is 10.1 Å². The Hall–Kier alpha value is -3.85. The van der Waals surface area contributed by atoms with Gasteiger partial charge in [0.05, 0.1) is 30.9 Å². The third kappa shape index (κ3) is 4.73. The first kappa shape index (κ1) is 21.4.